The Morgan fingerprint density at radius 2 is 2.53 bits per heavy atom. The van der Waals surface area contributed by atoms with Gasteiger partial charge in [-0.2, -0.15) is 4.98 Å². The van der Waals surface area contributed by atoms with Gasteiger partial charge in [0.2, 0.25) is 5.88 Å². The second kappa shape index (κ2) is 4.48. The highest BCUT2D eigenvalue weighted by molar-refractivity contribution is 14.1. The van der Waals surface area contributed by atoms with Gasteiger partial charge in [0.05, 0.1) is 10.7 Å². The summed E-state index contributed by atoms with van der Waals surface area (Å²) in [6.45, 7) is 0.708. The van der Waals surface area contributed by atoms with Crippen LogP contribution >= 0.6 is 22.6 Å². The van der Waals surface area contributed by atoms with Crippen LogP contribution in [0.3, 0.4) is 0 Å². The van der Waals surface area contributed by atoms with E-state index in [1.54, 1.807) is 6.20 Å². The molecule has 1 aromatic rings. The van der Waals surface area contributed by atoms with Crippen LogP contribution in [0.4, 0.5) is 0 Å². The van der Waals surface area contributed by atoms with Gasteiger partial charge in [-0.15, -0.1) is 0 Å². The van der Waals surface area contributed by atoms with Crippen molar-refractivity contribution in [1.82, 2.24) is 9.55 Å². The lowest BCUT2D eigenvalue weighted by molar-refractivity contribution is 0.0522. The molecule has 1 fully saturated rings. The van der Waals surface area contributed by atoms with Crippen molar-refractivity contribution in [1.29, 1.82) is 0 Å². The van der Waals surface area contributed by atoms with Crippen LogP contribution in [-0.2, 0) is 4.74 Å². The summed E-state index contributed by atoms with van der Waals surface area (Å²) in [4.78, 5) is 15.5. The minimum atomic E-state index is -0.320. The average Bonchev–Trinajstić information content (AvgIpc) is 2.74. The van der Waals surface area contributed by atoms with E-state index in [0.29, 0.717) is 12.5 Å². The SMILES string of the molecule is COc1nc(=O)n([C@H]2CCCO2)cc1I. The van der Waals surface area contributed by atoms with Gasteiger partial charge in [-0.25, -0.2) is 4.79 Å². The topological polar surface area (TPSA) is 53.3 Å². The van der Waals surface area contributed by atoms with Gasteiger partial charge in [-0.3, -0.25) is 4.57 Å². The van der Waals surface area contributed by atoms with Crippen LogP contribution in [0, 0.1) is 3.57 Å². The van der Waals surface area contributed by atoms with Crippen LogP contribution in [0.1, 0.15) is 19.1 Å². The van der Waals surface area contributed by atoms with E-state index in [2.05, 4.69) is 27.6 Å². The molecule has 15 heavy (non-hydrogen) atoms. The van der Waals surface area contributed by atoms with Crippen molar-refractivity contribution in [3.8, 4) is 5.88 Å². The summed E-state index contributed by atoms with van der Waals surface area (Å²) in [7, 11) is 1.50. The van der Waals surface area contributed by atoms with Crippen molar-refractivity contribution in [2.75, 3.05) is 13.7 Å². The van der Waals surface area contributed by atoms with Gasteiger partial charge in [0.25, 0.3) is 0 Å². The Morgan fingerprint density at radius 3 is 3.13 bits per heavy atom. The molecule has 1 aliphatic heterocycles. The number of rotatable bonds is 2. The number of aromatic nitrogens is 2. The van der Waals surface area contributed by atoms with Gasteiger partial charge in [-0.1, -0.05) is 0 Å². The average molecular weight is 322 g/mol. The predicted octanol–water partition coefficient (Wildman–Crippen LogP) is 1.17. The van der Waals surface area contributed by atoms with Crippen molar-refractivity contribution in [3.63, 3.8) is 0 Å². The maximum atomic E-state index is 11.6. The van der Waals surface area contributed by atoms with Crippen molar-refractivity contribution < 1.29 is 9.47 Å². The minimum Gasteiger partial charge on any atom is -0.480 e. The lowest BCUT2D eigenvalue weighted by atomic mass is 10.3. The largest absolute Gasteiger partial charge is 0.480 e. The molecule has 0 amide bonds. The maximum absolute atomic E-state index is 11.6. The van der Waals surface area contributed by atoms with Crippen LogP contribution in [-0.4, -0.2) is 23.3 Å². The zero-order valence-corrected chi connectivity index (χ0v) is 10.4. The van der Waals surface area contributed by atoms with E-state index >= 15 is 0 Å². The first-order valence-electron chi connectivity index (χ1n) is 4.66. The fourth-order valence-electron chi connectivity index (χ4n) is 1.56. The normalized spacial score (nSPS) is 20.5. The van der Waals surface area contributed by atoms with E-state index in [1.807, 2.05) is 0 Å². The molecular formula is C9H11IN2O3. The molecule has 1 saturated heterocycles. The van der Waals surface area contributed by atoms with E-state index in [-0.39, 0.29) is 11.9 Å². The summed E-state index contributed by atoms with van der Waals surface area (Å²) < 4.78 is 12.7. The van der Waals surface area contributed by atoms with Crippen LogP contribution in [0.5, 0.6) is 5.88 Å². The first-order valence-corrected chi connectivity index (χ1v) is 5.74. The van der Waals surface area contributed by atoms with Gasteiger partial charge in [0.15, 0.2) is 0 Å². The molecule has 2 heterocycles. The lowest BCUT2D eigenvalue weighted by Crippen LogP contribution is -2.27. The summed E-state index contributed by atoms with van der Waals surface area (Å²) >= 11 is 2.09. The molecular weight excluding hydrogens is 311 g/mol. The number of ether oxygens (including phenoxy) is 2. The maximum Gasteiger partial charge on any atom is 0.353 e. The Kier molecular flexibility index (Phi) is 3.25. The molecule has 0 N–H and O–H groups in total. The number of hydrogen-bond donors (Lipinski definition) is 0. The second-order valence-electron chi connectivity index (χ2n) is 3.26. The Bertz CT molecular complexity index is 412. The summed E-state index contributed by atoms with van der Waals surface area (Å²) in [5.74, 6) is 0.370. The lowest BCUT2D eigenvalue weighted by Gasteiger charge is -2.13. The first kappa shape index (κ1) is 10.9. The smallest absolute Gasteiger partial charge is 0.353 e. The number of nitrogens with zero attached hydrogens (tertiary/aromatic N) is 2. The van der Waals surface area contributed by atoms with E-state index < -0.39 is 0 Å². The summed E-state index contributed by atoms with van der Waals surface area (Å²) in [6, 6.07) is 0. The number of hydrogen-bond acceptors (Lipinski definition) is 4. The molecule has 82 valence electrons. The Morgan fingerprint density at radius 1 is 1.73 bits per heavy atom. The Labute approximate surface area is 101 Å². The van der Waals surface area contributed by atoms with Crippen molar-refractivity contribution in [2.24, 2.45) is 0 Å². The zero-order valence-electron chi connectivity index (χ0n) is 8.27. The van der Waals surface area contributed by atoms with Crippen LogP contribution < -0.4 is 10.4 Å². The fourth-order valence-corrected chi connectivity index (χ4v) is 2.20. The minimum absolute atomic E-state index is 0.163. The van der Waals surface area contributed by atoms with E-state index in [1.165, 1.54) is 11.7 Å². The summed E-state index contributed by atoms with van der Waals surface area (Å²) in [6.07, 6.45) is 3.42. The third-order valence-electron chi connectivity index (χ3n) is 2.28. The molecule has 0 bridgehead atoms. The molecule has 0 aromatic carbocycles. The van der Waals surface area contributed by atoms with Gasteiger partial charge >= 0.3 is 5.69 Å². The van der Waals surface area contributed by atoms with E-state index in [4.69, 9.17) is 9.47 Å². The quantitative estimate of drug-likeness (QED) is 0.767. The molecule has 0 unspecified atom stereocenters. The number of methoxy groups -OCH3 is 1. The first-order chi connectivity index (χ1) is 7.22. The highest BCUT2D eigenvalue weighted by Gasteiger charge is 2.20. The van der Waals surface area contributed by atoms with Gasteiger partial charge in [0, 0.05) is 12.8 Å². The molecule has 2 rings (SSSR count). The van der Waals surface area contributed by atoms with E-state index in [9.17, 15) is 4.79 Å². The standard InChI is InChI=1S/C9H11IN2O3/c1-14-8-6(10)5-12(9(13)11-8)7-3-2-4-15-7/h5,7H,2-4H2,1H3/t7-/m1/s1. The third kappa shape index (κ3) is 2.15. The van der Waals surface area contributed by atoms with Crippen molar-refractivity contribution in [3.05, 3.63) is 20.3 Å². The summed E-state index contributed by atoms with van der Waals surface area (Å²) in [5, 5.41) is 0. The van der Waals surface area contributed by atoms with Crippen molar-refractivity contribution >= 4 is 22.6 Å². The molecule has 1 aromatic heterocycles. The van der Waals surface area contributed by atoms with Gasteiger partial charge < -0.3 is 9.47 Å². The molecule has 6 heteroatoms. The molecule has 1 aliphatic rings. The Hall–Kier alpha value is -0.630. The monoisotopic (exact) mass is 322 g/mol. The molecule has 0 spiro atoms. The molecule has 1 atom stereocenters. The van der Waals surface area contributed by atoms with Crippen LogP contribution in [0.25, 0.3) is 0 Å². The third-order valence-corrected chi connectivity index (χ3v) is 3.02. The molecule has 0 saturated carbocycles. The van der Waals surface area contributed by atoms with Crippen LogP contribution in [0.15, 0.2) is 11.0 Å². The predicted molar refractivity (Wildman–Crippen MR) is 62.0 cm³/mol. The number of halogens is 1. The molecule has 0 radical (unpaired) electrons. The fraction of sp³-hybridized carbons (Fsp3) is 0.556. The van der Waals surface area contributed by atoms with Crippen LogP contribution in [0.2, 0.25) is 0 Å². The van der Waals surface area contributed by atoms with E-state index in [0.717, 1.165) is 16.4 Å². The van der Waals surface area contributed by atoms with Gasteiger partial charge in [-0.05, 0) is 35.4 Å². The molecule has 5 nitrogen and oxygen atoms in total. The zero-order chi connectivity index (χ0) is 10.8. The summed E-state index contributed by atoms with van der Waals surface area (Å²) in [5.41, 5.74) is -0.320. The second-order valence-corrected chi connectivity index (χ2v) is 4.42. The van der Waals surface area contributed by atoms with Crippen molar-refractivity contribution in [2.45, 2.75) is 19.1 Å². The molecule has 0 aliphatic carbocycles. The highest BCUT2D eigenvalue weighted by Crippen LogP contribution is 2.23. The van der Waals surface area contributed by atoms with Gasteiger partial charge in [0.1, 0.15) is 6.23 Å². The highest BCUT2D eigenvalue weighted by atomic mass is 127. The Balaban J connectivity index is 2.40.